The molecule has 0 amide bonds. The number of ketones is 1. The van der Waals surface area contributed by atoms with Crippen molar-refractivity contribution < 1.29 is 4.79 Å². The number of hydrogen-bond donors (Lipinski definition) is 0. The lowest BCUT2D eigenvalue weighted by Crippen LogP contribution is -2.48. The van der Waals surface area contributed by atoms with Crippen LogP contribution in [0.25, 0.3) is 0 Å². The van der Waals surface area contributed by atoms with E-state index in [1.807, 2.05) is 0 Å². The minimum absolute atomic E-state index is 0.299. The second-order valence-corrected chi connectivity index (χ2v) is 10.3. The average molecular weight is 397 g/mol. The molecule has 3 aliphatic rings. The fourth-order valence-electron chi connectivity index (χ4n) is 7.27. The zero-order valence-corrected chi connectivity index (χ0v) is 17.8. The Morgan fingerprint density at radius 2 is 1.88 bits per heavy atom. The van der Waals surface area contributed by atoms with Crippen LogP contribution in [0, 0.1) is 46.8 Å². The second kappa shape index (κ2) is 7.41. The molecule has 3 rings (SSSR count). The maximum absolute atomic E-state index is 12.5. The number of halogens is 1. The lowest BCUT2D eigenvalue weighted by Gasteiger charge is -2.55. The largest absolute Gasteiger partial charge is 0.298 e. The minimum atomic E-state index is 0.299. The van der Waals surface area contributed by atoms with Gasteiger partial charge < -0.3 is 0 Å². The van der Waals surface area contributed by atoms with Crippen molar-refractivity contribution in [2.24, 2.45) is 46.8 Å². The van der Waals surface area contributed by atoms with E-state index < -0.39 is 0 Å². The van der Waals surface area contributed by atoms with E-state index in [-0.39, 0.29) is 0 Å². The standard InChI is InChI=1S/C22H37BrO/c1-5-15-6-7-17-16(18(15)12-14(2)3)10-11-22(4)19(17)8-9-20(22)21(24)13-23/h14-20H,5-13H2,1-4H3. The van der Waals surface area contributed by atoms with Crippen molar-refractivity contribution >= 4 is 21.7 Å². The molecule has 3 saturated carbocycles. The molecule has 0 aromatic rings. The normalized spacial score (nSPS) is 45.1. The lowest BCUT2D eigenvalue weighted by atomic mass is 9.50. The van der Waals surface area contributed by atoms with Crippen LogP contribution in [0.4, 0.5) is 0 Å². The van der Waals surface area contributed by atoms with Crippen molar-refractivity contribution in [1.29, 1.82) is 0 Å². The number of carbonyl (C=O) groups is 1. The maximum atomic E-state index is 12.5. The van der Waals surface area contributed by atoms with Crippen LogP contribution in [-0.4, -0.2) is 11.1 Å². The quantitative estimate of drug-likeness (QED) is 0.485. The number of hydrogen-bond acceptors (Lipinski definition) is 1. The smallest absolute Gasteiger partial charge is 0.147 e. The molecule has 1 nitrogen and oxygen atoms in total. The summed E-state index contributed by atoms with van der Waals surface area (Å²) in [6.07, 6.45) is 10.8. The van der Waals surface area contributed by atoms with Crippen LogP contribution in [0.15, 0.2) is 0 Å². The molecule has 0 bridgehead atoms. The Labute approximate surface area is 157 Å². The highest BCUT2D eigenvalue weighted by Crippen LogP contribution is 2.63. The van der Waals surface area contributed by atoms with E-state index in [1.165, 1.54) is 44.9 Å². The van der Waals surface area contributed by atoms with Crippen LogP contribution in [0.5, 0.6) is 0 Å². The summed E-state index contributed by atoms with van der Waals surface area (Å²) in [5, 5.41) is 0.557. The molecule has 0 heterocycles. The summed E-state index contributed by atoms with van der Waals surface area (Å²) >= 11 is 3.44. The van der Waals surface area contributed by atoms with Gasteiger partial charge in [-0.25, -0.2) is 0 Å². The molecular formula is C22H37BrO. The van der Waals surface area contributed by atoms with Crippen LogP contribution in [0.1, 0.15) is 79.1 Å². The highest BCUT2D eigenvalue weighted by molar-refractivity contribution is 9.09. The minimum Gasteiger partial charge on any atom is -0.298 e. The van der Waals surface area contributed by atoms with E-state index in [0.29, 0.717) is 22.4 Å². The van der Waals surface area contributed by atoms with Crippen molar-refractivity contribution in [3.63, 3.8) is 0 Å². The van der Waals surface area contributed by atoms with E-state index in [1.54, 1.807) is 0 Å². The Morgan fingerprint density at radius 3 is 2.50 bits per heavy atom. The van der Waals surface area contributed by atoms with Crippen LogP contribution in [-0.2, 0) is 4.79 Å². The van der Waals surface area contributed by atoms with Gasteiger partial charge in [0.25, 0.3) is 0 Å². The van der Waals surface area contributed by atoms with E-state index >= 15 is 0 Å². The Hall–Kier alpha value is 0.150. The monoisotopic (exact) mass is 396 g/mol. The van der Waals surface area contributed by atoms with Gasteiger partial charge in [0.05, 0.1) is 5.33 Å². The van der Waals surface area contributed by atoms with E-state index in [4.69, 9.17) is 0 Å². The summed E-state index contributed by atoms with van der Waals surface area (Å²) in [5.41, 5.74) is 0.299. The number of Topliss-reactive ketones (excluding diaryl/α,β-unsaturated/α-hetero) is 1. The average Bonchev–Trinajstić information content (AvgIpc) is 2.91. The van der Waals surface area contributed by atoms with Gasteiger partial charge in [0.2, 0.25) is 0 Å². The molecule has 3 aliphatic carbocycles. The molecule has 2 heteroatoms. The van der Waals surface area contributed by atoms with Crippen molar-refractivity contribution in [3.8, 4) is 0 Å². The molecule has 24 heavy (non-hydrogen) atoms. The fourth-order valence-corrected chi connectivity index (χ4v) is 7.67. The van der Waals surface area contributed by atoms with E-state index in [0.717, 1.165) is 41.9 Å². The summed E-state index contributed by atoms with van der Waals surface area (Å²) in [6.45, 7) is 9.69. The van der Waals surface area contributed by atoms with Gasteiger partial charge in [0.15, 0.2) is 0 Å². The topological polar surface area (TPSA) is 17.1 Å². The number of rotatable bonds is 5. The molecule has 0 saturated heterocycles. The van der Waals surface area contributed by atoms with Crippen molar-refractivity contribution in [2.75, 3.05) is 5.33 Å². The number of alkyl halides is 1. The molecule has 0 aliphatic heterocycles. The molecule has 3 fully saturated rings. The molecule has 0 aromatic carbocycles. The predicted molar refractivity (Wildman–Crippen MR) is 105 cm³/mol. The lowest BCUT2D eigenvalue weighted by molar-refractivity contribution is -0.127. The molecule has 0 aromatic heterocycles. The SMILES string of the molecule is CCC1CCC2C(CCC3(C)C(C(=O)CBr)CCC23)C1CC(C)C. The Balaban J connectivity index is 1.82. The van der Waals surface area contributed by atoms with Crippen molar-refractivity contribution in [2.45, 2.75) is 79.1 Å². The third-order valence-electron chi connectivity index (χ3n) is 8.31. The van der Waals surface area contributed by atoms with E-state index in [2.05, 4.69) is 43.6 Å². The van der Waals surface area contributed by atoms with Crippen LogP contribution >= 0.6 is 15.9 Å². The van der Waals surface area contributed by atoms with Crippen molar-refractivity contribution in [1.82, 2.24) is 0 Å². The van der Waals surface area contributed by atoms with Gasteiger partial charge in [-0.1, -0.05) is 50.0 Å². The molecule has 7 unspecified atom stereocenters. The highest BCUT2D eigenvalue weighted by Gasteiger charge is 2.57. The first-order valence-corrected chi connectivity index (χ1v) is 11.6. The number of fused-ring (bicyclic) bond motifs is 3. The van der Waals surface area contributed by atoms with Gasteiger partial charge in [-0.15, -0.1) is 0 Å². The van der Waals surface area contributed by atoms with Gasteiger partial charge in [0.1, 0.15) is 5.78 Å². The predicted octanol–water partition coefficient (Wildman–Crippen LogP) is 6.49. The first-order valence-electron chi connectivity index (χ1n) is 10.5. The number of carbonyl (C=O) groups excluding carboxylic acids is 1. The molecule has 0 N–H and O–H groups in total. The molecule has 7 atom stereocenters. The summed E-state index contributed by atoms with van der Waals surface area (Å²) in [6, 6.07) is 0. The third kappa shape index (κ3) is 3.14. The zero-order valence-electron chi connectivity index (χ0n) is 16.2. The van der Waals surface area contributed by atoms with Gasteiger partial charge in [-0.2, -0.15) is 0 Å². The first kappa shape index (κ1) is 18.9. The van der Waals surface area contributed by atoms with Crippen molar-refractivity contribution in [3.05, 3.63) is 0 Å². The van der Waals surface area contributed by atoms with Gasteiger partial charge in [-0.05, 0) is 85.9 Å². The molecule has 0 radical (unpaired) electrons. The summed E-state index contributed by atoms with van der Waals surface area (Å²) < 4.78 is 0. The van der Waals surface area contributed by atoms with Gasteiger partial charge >= 0.3 is 0 Å². The van der Waals surface area contributed by atoms with E-state index in [9.17, 15) is 4.79 Å². The Morgan fingerprint density at radius 1 is 1.12 bits per heavy atom. The zero-order chi connectivity index (χ0) is 17.5. The van der Waals surface area contributed by atoms with Crippen LogP contribution in [0.2, 0.25) is 0 Å². The summed E-state index contributed by atoms with van der Waals surface area (Å²) in [5.74, 6) is 6.20. The summed E-state index contributed by atoms with van der Waals surface area (Å²) in [7, 11) is 0. The van der Waals surface area contributed by atoms with Crippen LogP contribution < -0.4 is 0 Å². The first-order chi connectivity index (χ1) is 11.4. The summed E-state index contributed by atoms with van der Waals surface area (Å²) in [4.78, 5) is 12.5. The molecular weight excluding hydrogens is 360 g/mol. The fraction of sp³-hybridized carbons (Fsp3) is 0.955. The van der Waals surface area contributed by atoms with Crippen LogP contribution in [0.3, 0.4) is 0 Å². The Kier molecular flexibility index (Phi) is 5.84. The maximum Gasteiger partial charge on any atom is 0.147 e. The highest BCUT2D eigenvalue weighted by atomic mass is 79.9. The van der Waals surface area contributed by atoms with Gasteiger partial charge in [-0.3, -0.25) is 4.79 Å². The molecule has 0 spiro atoms. The second-order valence-electron chi connectivity index (χ2n) is 9.75. The Bertz CT molecular complexity index is 459. The van der Waals surface area contributed by atoms with Gasteiger partial charge in [0, 0.05) is 5.92 Å². The molecule has 138 valence electrons. The third-order valence-corrected chi connectivity index (χ3v) is 8.86.